The van der Waals surface area contributed by atoms with Gasteiger partial charge in [0, 0.05) is 12.2 Å². The quantitative estimate of drug-likeness (QED) is 0.493. The molecule has 0 radical (unpaired) electrons. The molecule has 0 rings (SSSR count). The summed E-state index contributed by atoms with van der Waals surface area (Å²) in [5.74, 6) is 0.634. The van der Waals surface area contributed by atoms with Crippen LogP contribution in [0.1, 0.15) is 13.8 Å². The molecular formula is C10H17NS. The first-order chi connectivity index (χ1) is 5.52. The van der Waals surface area contributed by atoms with E-state index in [1.165, 1.54) is 0 Å². The first kappa shape index (κ1) is 11.4. The van der Waals surface area contributed by atoms with Gasteiger partial charge in [0.05, 0.1) is 0 Å². The molecule has 68 valence electrons. The molecule has 0 spiro atoms. The van der Waals surface area contributed by atoms with Crippen molar-refractivity contribution in [2.75, 3.05) is 6.54 Å². The van der Waals surface area contributed by atoms with Crippen LogP contribution in [-0.4, -0.2) is 6.54 Å². The van der Waals surface area contributed by atoms with Crippen LogP contribution in [-0.2, 0) is 0 Å². The van der Waals surface area contributed by atoms with Gasteiger partial charge in [-0.2, -0.15) is 0 Å². The fourth-order valence-electron chi connectivity index (χ4n) is 0.591. The number of nitrogens with one attached hydrogen (secondary N) is 1. The molecule has 0 atom stereocenters. The van der Waals surface area contributed by atoms with E-state index >= 15 is 0 Å². The van der Waals surface area contributed by atoms with Crippen molar-refractivity contribution >= 4 is 12.6 Å². The van der Waals surface area contributed by atoms with Crippen LogP contribution in [0.3, 0.4) is 0 Å². The molecule has 0 heterocycles. The zero-order valence-corrected chi connectivity index (χ0v) is 8.70. The number of hydrogen-bond donors (Lipinski definition) is 2. The molecule has 0 aliphatic carbocycles. The third kappa shape index (κ3) is 7.48. The molecule has 0 aliphatic rings. The molecule has 1 nitrogen and oxygen atoms in total. The first-order valence-corrected chi connectivity index (χ1v) is 4.46. The molecular weight excluding hydrogens is 166 g/mol. The van der Waals surface area contributed by atoms with Crippen LogP contribution in [0, 0.1) is 5.92 Å². The molecule has 12 heavy (non-hydrogen) atoms. The predicted octanol–water partition coefficient (Wildman–Crippen LogP) is 2.75. The maximum absolute atomic E-state index is 4.03. The lowest BCUT2D eigenvalue weighted by atomic mass is 10.2. The molecule has 0 aromatic carbocycles. The van der Waals surface area contributed by atoms with Gasteiger partial charge in [-0.25, -0.2) is 0 Å². The number of rotatable bonds is 5. The minimum Gasteiger partial charge on any atom is -0.385 e. The maximum Gasteiger partial charge on any atom is 0.0267 e. The van der Waals surface area contributed by atoms with Crippen LogP contribution in [0.4, 0.5) is 0 Å². The van der Waals surface area contributed by atoms with E-state index in [4.69, 9.17) is 0 Å². The summed E-state index contributed by atoms with van der Waals surface area (Å²) < 4.78 is 0. The van der Waals surface area contributed by atoms with Crippen LogP contribution in [0.15, 0.2) is 35.9 Å². The second kappa shape index (κ2) is 5.95. The fraction of sp³-hybridized carbons (Fsp3) is 0.400. The minimum atomic E-state index is 0.634. The summed E-state index contributed by atoms with van der Waals surface area (Å²) in [6.07, 6.45) is 3.69. The van der Waals surface area contributed by atoms with Crippen molar-refractivity contribution in [3.05, 3.63) is 35.9 Å². The van der Waals surface area contributed by atoms with E-state index in [1.807, 2.05) is 12.2 Å². The second-order valence-electron chi connectivity index (χ2n) is 3.12. The van der Waals surface area contributed by atoms with Gasteiger partial charge in [0.2, 0.25) is 0 Å². The Kier molecular flexibility index (Phi) is 5.64. The zero-order valence-electron chi connectivity index (χ0n) is 7.80. The Balaban J connectivity index is 3.67. The van der Waals surface area contributed by atoms with Gasteiger partial charge in [-0.05, 0) is 23.0 Å². The van der Waals surface area contributed by atoms with Crippen LogP contribution in [0.25, 0.3) is 0 Å². The highest BCUT2D eigenvalue weighted by Gasteiger charge is 1.91. The van der Waals surface area contributed by atoms with E-state index in [0.29, 0.717) is 5.92 Å². The van der Waals surface area contributed by atoms with Gasteiger partial charge < -0.3 is 5.32 Å². The maximum atomic E-state index is 4.03. The summed E-state index contributed by atoms with van der Waals surface area (Å²) in [7, 11) is 0. The van der Waals surface area contributed by atoms with E-state index in [9.17, 15) is 0 Å². The van der Waals surface area contributed by atoms with Crippen molar-refractivity contribution in [3.8, 4) is 0 Å². The summed E-state index contributed by atoms with van der Waals surface area (Å²) in [6, 6.07) is 0. The molecule has 0 fully saturated rings. The first-order valence-electron chi connectivity index (χ1n) is 4.01. The molecule has 0 aromatic rings. The lowest BCUT2D eigenvalue weighted by Gasteiger charge is -2.07. The summed E-state index contributed by atoms with van der Waals surface area (Å²) >= 11 is 4.03. The molecule has 0 bridgehead atoms. The largest absolute Gasteiger partial charge is 0.385 e. The normalized spacial score (nSPS) is 10.7. The molecule has 2 heteroatoms. The van der Waals surface area contributed by atoms with Gasteiger partial charge in [-0.3, -0.25) is 0 Å². The van der Waals surface area contributed by atoms with E-state index < -0.39 is 0 Å². The predicted molar refractivity (Wildman–Crippen MR) is 59.2 cm³/mol. The third-order valence-electron chi connectivity index (χ3n) is 1.21. The lowest BCUT2D eigenvalue weighted by Crippen LogP contribution is -2.17. The number of thiol groups is 1. The smallest absolute Gasteiger partial charge is 0.0267 e. The van der Waals surface area contributed by atoms with E-state index in [-0.39, 0.29) is 0 Å². The molecule has 0 unspecified atom stereocenters. The van der Waals surface area contributed by atoms with E-state index in [2.05, 4.69) is 45.0 Å². The van der Waals surface area contributed by atoms with Crippen molar-refractivity contribution in [1.29, 1.82) is 0 Å². The van der Waals surface area contributed by atoms with Gasteiger partial charge >= 0.3 is 0 Å². The summed E-state index contributed by atoms with van der Waals surface area (Å²) in [5, 5.41) is 3.18. The van der Waals surface area contributed by atoms with Crippen molar-refractivity contribution < 1.29 is 0 Å². The van der Waals surface area contributed by atoms with Crippen molar-refractivity contribution in [1.82, 2.24) is 5.32 Å². The SMILES string of the molecule is C=C(S)/C=C\C(=C)NCC(C)C. The zero-order chi connectivity index (χ0) is 9.56. The molecule has 0 saturated carbocycles. The average Bonchev–Trinajstić information content (AvgIpc) is 1.96. The van der Waals surface area contributed by atoms with Gasteiger partial charge in [0.15, 0.2) is 0 Å². The van der Waals surface area contributed by atoms with Crippen molar-refractivity contribution in [2.45, 2.75) is 13.8 Å². The van der Waals surface area contributed by atoms with Crippen LogP contribution >= 0.6 is 12.6 Å². The lowest BCUT2D eigenvalue weighted by molar-refractivity contribution is 0.602. The summed E-state index contributed by atoms with van der Waals surface area (Å²) in [5.41, 5.74) is 0.902. The Bertz CT molecular complexity index is 192. The minimum absolute atomic E-state index is 0.634. The van der Waals surface area contributed by atoms with Gasteiger partial charge in [0.25, 0.3) is 0 Å². The molecule has 0 aromatic heterocycles. The van der Waals surface area contributed by atoms with Gasteiger partial charge in [-0.1, -0.05) is 27.0 Å². The highest BCUT2D eigenvalue weighted by molar-refractivity contribution is 7.84. The molecule has 0 amide bonds. The second-order valence-corrected chi connectivity index (χ2v) is 3.70. The topological polar surface area (TPSA) is 12.0 Å². The van der Waals surface area contributed by atoms with Gasteiger partial charge in [0.1, 0.15) is 0 Å². The number of hydrogen-bond acceptors (Lipinski definition) is 2. The van der Waals surface area contributed by atoms with Crippen LogP contribution < -0.4 is 5.32 Å². The Morgan fingerprint density at radius 1 is 1.42 bits per heavy atom. The highest BCUT2D eigenvalue weighted by atomic mass is 32.1. The van der Waals surface area contributed by atoms with E-state index in [0.717, 1.165) is 17.1 Å². The molecule has 1 N–H and O–H groups in total. The Morgan fingerprint density at radius 3 is 2.42 bits per heavy atom. The Hall–Kier alpha value is -0.630. The molecule has 0 aliphatic heterocycles. The average molecular weight is 183 g/mol. The Labute approximate surface area is 80.7 Å². The van der Waals surface area contributed by atoms with Crippen LogP contribution in [0.5, 0.6) is 0 Å². The van der Waals surface area contributed by atoms with Gasteiger partial charge in [-0.15, -0.1) is 12.6 Å². The Morgan fingerprint density at radius 2 is 2.00 bits per heavy atom. The monoisotopic (exact) mass is 183 g/mol. The highest BCUT2D eigenvalue weighted by Crippen LogP contribution is 1.99. The summed E-state index contributed by atoms with van der Waals surface area (Å²) in [4.78, 5) is 0.738. The van der Waals surface area contributed by atoms with E-state index in [1.54, 1.807) is 0 Å². The molecule has 0 saturated heterocycles. The standard InChI is InChI=1S/C10H17NS/c1-8(2)7-11-9(3)5-6-10(4)12/h5-6,8,11-12H,3-4,7H2,1-2H3/b6-5-. The third-order valence-corrected chi connectivity index (χ3v) is 1.36. The van der Waals surface area contributed by atoms with Crippen molar-refractivity contribution in [2.24, 2.45) is 5.92 Å². The fourth-order valence-corrected chi connectivity index (χ4v) is 0.665. The van der Waals surface area contributed by atoms with Crippen molar-refractivity contribution in [3.63, 3.8) is 0 Å². The van der Waals surface area contributed by atoms with Crippen LogP contribution in [0.2, 0.25) is 0 Å². The number of allylic oxidation sites excluding steroid dienone is 2. The summed E-state index contributed by atoms with van der Waals surface area (Å²) in [6.45, 7) is 12.7.